The summed E-state index contributed by atoms with van der Waals surface area (Å²) >= 11 is 0. The number of rotatable bonds is 5. The highest BCUT2D eigenvalue weighted by molar-refractivity contribution is 5.82. The molecule has 0 amide bonds. The molecule has 76 valence electrons. The molecule has 0 aromatic rings. The third-order valence-electron chi connectivity index (χ3n) is 2.12. The van der Waals surface area contributed by atoms with Crippen molar-refractivity contribution < 1.29 is 9.53 Å². The summed E-state index contributed by atoms with van der Waals surface area (Å²) in [7, 11) is 0. The van der Waals surface area contributed by atoms with Crippen LogP contribution in [0.2, 0.25) is 0 Å². The molecule has 1 atom stereocenters. The van der Waals surface area contributed by atoms with Gasteiger partial charge in [0, 0.05) is 6.08 Å². The molecule has 0 aliphatic rings. The van der Waals surface area contributed by atoms with Crippen LogP contribution in [0.4, 0.5) is 0 Å². The molecular formula is C11H20O2. The molecule has 0 N–H and O–H groups in total. The zero-order valence-corrected chi connectivity index (χ0v) is 9.09. The summed E-state index contributed by atoms with van der Waals surface area (Å²) < 4.78 is 5.12. The molecule has 0 fully saturated rings. The van der Waals surface area contributed by atoms with Crippen LogP contribution in [0, 0.1) is 0 Å². The Morgan fingerprint density at radius 2 is 1.85 bits per heavy atom. The number of esters is 1. The van der Waals surface area contributed by atoms with Crippen molar-refractivity contribution in [2.45, 2.75) is 53.1 Å². The van der Waals surface area contributed by atoms with Crippen molar-refractivity contribution in [1.82, 2.24) is 0 Å². The second kappa shape index (κ2) is 6.70. The molecule has 2 heteroatoms. The maximum absolute atomic E-state index is 11.2. The van der Waals surface area contributed by atoms with Gasteiger partial charge in [-0.05, 0) is 26.2 Å². The average Bonchev–Trinajstić information content (AvgIpc) is 2.13. The summed E-state index contributed by atoms with van der Waals surface area (Å²) in [5.41, 5.74) is 1.15. The summed E-state index contributed by atoms with van der Waals surface area (Å²) in [6, 6.07) is 0. The average molecular weight is 184 g/mol. The van der Waals surface area contributed by atoms with E-state index < -0.39 is 0 Å². The van der Waals surface area contributed by atoms with Crippen molar-refractivity contribution in [3.8, 4) is 0 Å². The standard InChI is InChI=1S/C11H20O2/c1-5-9(4)13-11(12)8-10(6-2)7-3/h8-9H,5-7H2,1-4H3. The van der Waals surface area contributed by atoms with Gasteiger partial charge in [0.25, 0.3) is 0 Å². The Bertz CT molecular complexity index is 177. The van der Waals surface area contributed by atoms with Gasteiger partial charge in [0.1, 0.15) is 0 Å². The van der Waals surface area contributed by atoms with Crippen molar-refractivity contribution in [3.63, 3.8) is 0 Å². The minimum Gasteiger partial charge on any atom is -0.460 e. The molecule has 0 saturated carbocycles. The van der Waals surface area contributed by atoms with Crippen LogP contribution in [0.15, 0.2) is 11.6 Å². The molecule has 0 rings (SSSR count). The Balaban J connectivity index is 4.04. The molecule has 0 aliphatic heterocycles. The largest absolute Gasteiger partial charge is 0.460 e. The van der Waals surface area contributed by atoms with E-state index in [0.29, 0.717) is 0 Å². The van der Waals surface area contributed by atoms with Crippen molar-refractivity contribution in [2.75, 3.05) is 0 Å². The van der Waals surface area contributed by atoms with E-state index >= 15 is 0 Å². The second-order valence-corrected chi connectivity index (χ2v) is 3.17. The quantitative estimate of drug-likeness (QED) is 0.485. The van der Waals surface area contributed by atoms with Gasteiger partial charge in [-0.1, -0.05) is 26.3 Å². The zero-order valence-electron chi connectivity index (χ0n) is 9.09. The number of allylic oxidation sites excluding steroid dienone is 1. The molecule has 1 unspecified atom stereocenters. The predicted molar refractivity (Wildman–Crippen MR) is 54.5 cm³/mol. The molecule has 0 bridgehead atoms. The molecular weight excluding hydrogens is 164 g/mol. The fraction of sp³-hybridized carbons (Fsp3) is 0.727. The highest BCUT2D eigenvalue weighted by Crippen LogP contribution is 2.06. The van der Waals surface area contributed by atoms with Crippen molar-refractivity contribution in [1.29, 1.82) is 0 Å². The van der Waals surface area contributed by atoms with Crippen LogP contribution in [0.3, 0.4) is 0 Å². The smallest absolute Gasteiger partial charge is 0.330 e. The lowest BCUT2D eigenvalue weighted by atomic mass is 10.1. The first kappa shape index (κ1) is 12.2. The van der Waals surface area contributed by atoms with Gasteiger partial charge in [0.2, 0.25) is 0 Å². The Hall–Kier alpha value is -0.790. The van der Waals surface area contributed by atoms with E-state index in [-0.39, 0.29) is 12.1 Å². The molecule has 0 radical (unpaired) electrons. The minimum absolute atomic E-state index is 0.0266. The van der Waals surface area contributed by atoms with Crippen LogP contribution in [-0.2, 0) is 9.53 Å². The monoisotopic (exact) mass is 184 g/mol. The van der Waals surface area contributed by atoms with E-state index in [1.165, 1.54) is 0 Å². The van der Waals surface area contributed by atoms with E-state index in [1.54, 1.807) is 6.08 Å². The Morgan fingerprint density at radius 1 is 1.31 bits per heavy atom. The van der Waals surface area contributed by atoms with Crippen LogP contribution in [-0.4, -0.2) is 12.1 Å². The van der Waals surface area contributed by atoms with E-state index in [2.05, 4.69) is 0 Å². The maximum Gasteiger partial charge on any atom is 0.330 e. The lowest BCUT2D eigenvalue weighted by Crippen LogP contribution is -2.12. The number of hydrogen-bond acceptors (Lipinski definition) is 2. The van der Waals surface area contributed by atoms with Gasteiger partial charge >= 0.3 is 5.97 Å². The van der Waals surface area contributed by atoms with Gasteiger partial charge in [0.05, 0.1) is 6.10 Å². The first-order valence-electron chi connectivity index (χ1n) is 5.04. The Kier molecular flexibility index (Phi) is 6.29. The maximum atomic E-state index is 11.2. The highest BCUT2D eigenvalue weighted by Gasteiger charge is 2.04. The molecule has 0 spiro atoms. The normalized spacial score (nSPS) is 12.0. The van der Waals surface area contributed by atoms with Gasteiger partial charge in [-0.3, -0.25) is 0 Å². The van der Waals surface area contributed by atoms with E-state index in [4.69, 9.17) is 4.74 Å². The number of carbonyl (C=O) groups excluding carboxylic acids is 1. The summed E-state index contributed by atoms with van der Waals surface area (Å²) in [5, 5.41) is 0. The topological polar surface area (TPSA) is 26.3 Å². The fourth-order valence-corrected chi connectivity index (χ4v) is 0.936. The van der Waals surface area contributed by atoms with Crippen molar-refractivity contribution >= 4 is 5.97 Å². The molecule has 13 heavy (non-hydrogen) atoms. The third kappa shape index (κ3) is 5.45. The van der Waals surface area contributed by atoms with Crippen LogP contribution in [0.25, 0.3) is 0 Å². The predicted octanol–water partition coefficient (Wildman–Crippen LogP) is 3.07. The van der Waals surface area contributed by atoms with Crippen LogP contribution >= 0.6 is 0 Å². The SMILES string of the molecule is CCC(=CC(=O)OC(C)CC)CC. The lowest BCUT2D eigenvalue weighted by Gasteiger charge is -2.09. The summed E-state index contributed by atoms with van der Waals surface area (Å²) in [6.07, 6.45) is 4.36. The molecule has 0 heterocycles. The lowest BCUT2D eigenvalue weighted by molar-refractivity contribution is -0.142. The van der Waals surface area contributed by atoms with Crippen LogP contribution in [0.1, 0.15) is 47.0 Å². The zero-order chi connectivity index (χ0) is 10.3. The van der Waals surface area contributed by atoms with Gasteiger partial charge < -0.3 is 4.74 Å². The molecule has 0 aromatic carbocycles. The summed E-state index contributed by atoms with van der Waals surface area (Å²) in [4.78, 5) is 11.2. The first-order chi connectivity index (χ1) is 6.13. The summed E-state index contributed by atoms with van der Waals surface area (Å²) in [6.45, 7) is 8.00. The molecule has 0 aliphatic carbocycles. The molecule has 0 aromatic heterocycles. The van der Waals surface area contributed by atoms with Gasteiger partial charge in [0.15, 0.2) is 0 Å². The van der Waals surface area contributed by atoms with E-state index in [0.717, 1.165) is 24.8 Å². The summed E-state index contributed by atoms with van der Waals surface area (Å²) in [5.74, 6) is -0.201. The van der Waals surface area contributed by atoms with E-state index in [1.807, 2.05) is 27.7 Å². The van der Waals surface area contributed by atoms with Crippen molar-refractivity contribution in [3.05, 3.63) is 11.6 Å². The molecule has 2 nitrogen and oxygen atoms in total. The van der Waals surface area contributed by atoms with Crippen LogP contribution in [0.5, 0.6) is 0 Å². The van der Waals surface area contributed by atoms with Gasteiger partial charge in [-0.15, -0.1) is 0 Å². The minimum atomic E-state index is -0.201. The Morgan fingerprint density at radius 3 is 2.23 bits per heavy atom. The second-order valence-electron chi connectivity index (χ2n) is 3.17. The highest BCUT2D eigenvalue weighted by atomic mass is 16.5. The third-order valence-corrected chi connectivity index (χ3v) is 2.12. The van der Waals surface area contributed by atoms with Gasteiger partial charge in [-0.2, -0.15) is 0 Å². The van der Waals surface area contributed by atoms with Crippen molar-refractivity contribution in [2.24, 2.45) is 0 Å². The number of ether oxygens (including phenoxy) is 1. The van der Waals surface area contributed by atoms with Gasteiger partial charge in [-0.25, -0.2) is 4.79 Å². The van der Waals surface area contributed by atoms with E-state index in [9.17, 15) is 4.79 Å². The first-order valence-corrected chi connectivity index (χ1v) is 5.04. The fourth-order valence-electron chi connectivity index (χ4n) is 0.936. The number of carbonyl (C=O) groups is 1. The molecule has 0 saturated heterocycles. The van der Waals surface area contributed by atoms with Crippen LogP contribution < -0.4 is 0 Å². The number of hydrogen-bond donors (Lipinski definition) is 0. The Labute approximate surface area is 81.0 Å².